The molecule has 0 saturated heterocycles. The standard InChI is InChI=1S/C20H16N2O4S/c1-24-16-9-15-13(8-17(16)26-10-12-6-4-3-5-7-12)14-11-27-19(20(23)25-2)18(14)22-21-15/h3-9,11H,10H2,1-2H3. The lowest BCUT2D eigenvalue weighted by Crippen LogP contribution is -2.00. The Kier molecular flexibility index (Phi) is 4.60. The molecule has 0 atom stereocenters. The highest BCUT2D eigenvalue weighted by molar-refractivity contribution is 7.13. The van der Waals surface area contributed by atoms with Gasteiger partial charge in [0.25, 0.3) is 0 Å². The van der Waals surface area contributed by atoms with Crippen LogP contribution >= 0.6 is 11.3 Å². The van der Waals surface area contributed by atoms with Crippen molar-refractivity contribution in [2.45, 2.75) is 6.61 Å². The summed E-state index contributed by atoms with van der Waals surface area (Å²) < 4.78 is 16.3. The smallest absolute Gasteiger partial charge is 0.350 e. The van der Waals surface area contributed by atoms with Crippen molar-refractivity contribution in [3.63, 3.8) is 0 Å². The van der Waals surface area contributed by atoms with Crippen molar-refractivity contribution in [1.82, 2.24) is 10.2 Å². The van der Waals surface area contributed by atoms with Crippen molar-refractivity contribution in [3.8, 4) is 11.5 Å². The summed E-state index contributed by atoms with van der Waals surface area (Å²) in [4.78, 5) is 12.4. The summed E-state index contributed by atoms with van der Waals surface area (Å²) in [7, 11) is 2.94. The second-order valence-electron chi connectivity index (χ2n) is 5.81. The Morgan fingerprint density at radius 2 is 1.85 bits per heavy atom. The second kappa shape index (κ2) is 7.20. The van der Waals surface area contributed by atoms with E-state index in [1.807, 2.05) is 41.8 Å². The first-order valence-corrected chi connectivity index (χ1v) is 9.10. The molecule has 0 amide bonds. The molecule has 27 heavy (non-hydrogen) atoms. The first-order chi connectivity index (χ1) is 13.2. The molecule has 2 aromatic heterocycles. The fourth-order valence-electron chi connectivity index (χ4n) is 2.84. The van der Waals surface area contributed by atoms with Crippen LogP contribution < -0.4 is 9.47 Å². The predicted molar refractivity (Wildman–Crippen MR) is 104 cm³/mol. The van der Waals surface area contributed by atoms with E-state index in [2.05, 4.69) is 10.2 Å². The lowest BCUT2D eigenvalue weighted by Gasteiger charge is -2.12. The Balaban J connectivity index is 1.79. The third kappa shape index (κ3) is 3.17. The van der Waals surface area contributed by atoms with Gasteiger partial charge >= 0.3 is 5.97 Å². The van der Waals surface area contributed by atoms with E-state index in [-0.39, 0.29) is 0 Å². The molecule has 2 heterocycles. The number of fused-ring (bicyclic) bond motifs is 3. The third-order valence-electron chi connectivity index (χ3n) is 4.20. The van der Waals surface area contributed by atoms with Crippen LogP contribution in [-0.2, 0) is 11.3 Å². The van der Waals surface area contributed by atoms with Crippen molar-refractivity contribution in [3.05, 3.63) is 58.3 Å². The van der Waals surface area contributed by atoms with Gasteiger partial charge in [-0.2, -0.15) is 0 Å². The van der Waals surface area contributed by atoms with Crippen molar-refractivity contribution in [1.29, 1.82) is 0 Å². The second-order valence-corrected chi connectivity index (χ2v) is 6.69. The van der Waals surface area contributed by atoms with Gasteiger partial charge in [-0.3, -0.25) is 0 Å². The number of esters is 1. The number of hydrogen-bond donors (Lipinski definition) is 0. The topological polar surface area (TPSA) is 70.5 Å². The molecule has 0 spiro atoms. The van der Waals surface area contributed by atoms with E-state index in [1.54, 1.807) is 13.2 Å². The van der Waals surface area contributed by atoms with E-state index in [9.17, 15) is 4.79 Å². The summed E-state index contributed by atoms with van der Waals surface area (Å²) in [5, 5.41) is 12.0. The fraction of sp³-hybridized carbons (Fsp3) is 0.150. The van der Waals surface area contributed by atoms with Crippen LogP contribution in [0.3, 0.4) is 0 Å². The van der Waals surface area contributed by atoms with Crippen molar-refractivity contribution < 1.29 is 19.0 Å². The van der Waals surface area contributed by atoms with Crippen LogP contribution in [0.1, 0.15) is 15.2 Å². The highest BCUT2D eigenvalue weighted by Crippen LogP contribution is 2.37. The van der Waals surface area contributed by atoms with E-state index in [4.69, 9.17) is 14.2 Å². The SMILES string of the molecule is COC(=O)c1scc2c1nnc1cc(OC)c(OCc3ccccc3)cc12. The Hall–Kier alpha value is -3.19. The first-order valence-electron chi connectivity index (χ1n) is 8.22. The number of ether oxygens (including phenoxy) is 3. The largest absolute Gasteiger partial charge is 0.493 e. The molecule has 4 aromatic rings. The monoisotopic (exact) mass is 380 g/mol. The highest BCUT2D eigenvalue weighted by atomic mass is 32.1. The van der Waals surface area contributed by atoms with Gasteiger partial charge in [0.15, 0.2) is 11.5 Å². The number of nitrogens with zero attached hydrogens (tertiary/aromatic N) is 2. The normalized spacial score (nSPS) is 10.9. The van der Waals surface area contributed by atoms with E-state index < -0.39 is 5.97 Å². The van der Waals surface area contributed by atoms with Gasteiger partial charge in [-0.25, -0.2) is 4.79 Å². The first kappa shape index (κ1) is 17.2. The number of carbonyl (C=O) groups excluding carboxylic acids is 1. The van der Waals surface area contributed by atoms with Crippen LogP contribution in [0.4, 0.5) is 0 Å². The predicted octanol–water partition coefficient (Wildman–Crippen LogP) is 4.22. The van der Waals surface area contributed by atoms with Gasteiger partial charge < -0.3 is 14.2 Å². The molecule has 4 rings (SSSR count). The van der Waals surface area contributed by atoms with E-state index in [0.29, 0.717) is 34.0 Å². The Bertz CT molecular complexity index is 1130. The minimum atomic E-state index is -0.419. The molecular weight excluding hydrogens is 364 g/mol. The molecule has 2 aromatic carbocycles. The van der Waals surface area contributed by atoms with Gasteiger partial charge in [0, 0.05) is 22.2 Å². The molecule has 0 N–H and O–H groups in total. The summed E-state index contributed by atoms with van der Waals surface area (Å²) in [6.07, 6.45) is 0. The molecule has 0 bridgehead atoms. The van der Waals surface area contributed by atoms with Crippen LogP contribution in [0, 0.1) is 0 Å². The maximum absolute atomic E-state index is 11.9. The zero-order valence-electron chi connectivity index (χ0n) is 14.8. The maximum Gasteiger partial charge on any atom is 0.350 e. The zero-order valence-corrected chi connectivity index (χ0v) is 15.6. The van der Waals surface area contributed by atoms with Crippen molar-refractivity contribution >= 4 is 39.1 Å². The average Bonchev–Trinajstić information content (AvgIpc) is 3.16. The van der Waals surface area contributed by atoms with Gasteiger partial charge in [-0.15, -0.1) is 21.5 Å². The molecule has 6 nitrogen and oxygen atoms in total. The molecular formula is C20H16N2O4S. The van der Waals surface area contributed by atoms with Crippen LogP contribution in [0.2, 0.25) is 0 Å². The summed E-state index contributed by atoms with van der Waals surface area (Å²) in [5.74, 6) is 0.766. The lowest BCUT2D eigenvalue weighted by atomic mass is 10.1. The van der Waals surface area contributed by atoms with E-state index in [0.717, 1.165) is 16.3 Å². The summed E-state index contributed by atoms with van der Waals surface area (Å²) in [6, 6.07) is 13.6. The Labute approximate surface area is 159 Å². The fourth-order valence-corrected chi connectivity index (χ4v) is 3.76. The van der Waals surface area contributed by atoms with Crippen LogP contribution in [0.5, 0.6) is 11.5 Å². The lowest BCUT2D eigenvalue weighted by molar-refractivity contribution is 0.0608. The maximum atomic E-state index is 11.9. The summed E-state index contributed by atoms with van der Waals surface area (Å²) in [5.41, 5.74) is 2.25. The third-order valence-corrected chi connectivity index (χ3v) is 5.15. The highest BCUT2D eigenvalue weighted by Gasteiger charge is 2.18. The van der Waals surface area contributed by atoms with E-state index in [1.165, 1.54) is 18.4 Å². The summed E-state index contributed by atoms with van der Waals surface area (Å²) in [6.45, 7) is 0.418. The quantitative estimate of drug-likeness (QED) is 0.483. The molecule has 0 aliphatic carbocycles. The van der Waals surface area contributed by atoms with Crippen LogP contribution in [-0.4, -0.2) is 30.4 Å². The number of aromatic nitrogens is 2. The number of methoxy groups -OCH3 is 2. The van der Waals surface area contributed by atoms with Crippen LogP contribution in [0.25, 0.3) is 21.8 Å². The van der Waals surface area contributed by atoms with Crippen molar-refractivity contribution in [2.75, 3.05) is 14.2 Å². The number of thiophene rings is 1. The molecule has 0 saturated carbocycles. The number of hydrogen-bond acceptors (Lipinski definition) is 7. The average molecular weight is 380 g/mol. The van der Waals surface area contributed by atoms with Crippen molar-refractivity contribution in [2.24, 2.45) is 0 Å². The van der Waals surface area contributed by atoms with E-state index >= 15 is 0 Å². The Morgan fingerprint density at radius 1 is 1.04 bits per heavy atom. The molecule has 0 fully saturated rings. The van der Waals surface area contributed by atoms with Crippen LogP contribution in [0.15, 0.2) is 47.8 Å². The van der Waals surface area contributed by atoms with Gasteiger partial charge in [-0.05, 0) is 11.6 Å². The minimum absolute atomic E-state index is 0.418. The van der Waals surface area contributed by atoms with Gasteiger partial charge in [0.05, 0.1) is 19.7 Å². The molecule has 0 radical (unpaired) electrons. The molecule has 7 heteroatoms. The minimum Gasteiger partial charge on any atom is -0.493 e. The summed E-state index contributed by atoms with van der Waals surface area (Å²) >= 11 is 1.29. The van der Waals surface area contributed by atoms with Gasteiger partial charge in [-0.1, -0.05) is 30.3 Å². The number of carbonyl (C=O) groups is 1. The molecule has 0 unspecified atom stereocenters. The van der Waals surface area contributed by atoms with Gasteiger partial charge in [0.1, 0.15) is 17.0 Å². The van der Waals surface area contributed by atoms with Gasteiger partial charge in [0.2, 0.25) is 0 Å². The Morgan fingerprint density at radius 3 is 2.59 bits per heavy atom. The molecule has 0 aliphatic heterocycles. The molecule has 136 valence electrons. The molecule has 0 aliphatic rings. The number of rotatable bonds is 5. The zero-order chi connectivity index (χ0) is 18.8. The number of benzene rings is 2.